The second kappa shape index (κ2) is 6.98. The van der Waals surface area contributed by atoms with Crippen LogP contribution in [-0.2, 0) is 26.0 Å². The molecule has 0 bridgehead atoms. The number of benzene rings is 1. The molecule has 1 amide bonds. The molecule has 1 aromatic carbocycles. The summed E-state index contributed by atoms with van der Waals surface area (Å²) in [6, 6.07) is 6.13. The Morgan fingerprint density at radius 2 is 2.00 bits per heavy atom. The monoisotopic (exact) mass is 404 g/mol. The highest BCUT2D eigenvalue weighted by atomic mass is 79.9. The molecule has 7 nitrogen and oxygen atoms in total. The number of aliphatic carboxylic acids is 1. The highest BCUT2D eigenvalue weighted by molar-refractivity contribution is 9.10. The molecule has 3 N–H and O–H groups in total. The fraction of sp³-hybridized carbons (Fsp3) is 0.429. The normalized spacial score (nSPS) is 19.8. The van der Waals surface area contributed by atoms with E-state index in [0.29, 0.717) is 0 Å². The van der Waals surface area contributed by atoms with E-state index in [2.05, 4.69) is 15.9 Å². The van der Waals surface area contributed by atoms with E-state index in [-0.39, 0.29) is 31.0 Å². The molecule has 1 aromatic rings. The number of nitrogens with zero attached hydrogens (tertiary/aromatic N) is 1. The predicted molar refractivity (Wildman–Crippen MR) is 87.1 cm³/mol. The number of carboxylic acid groups (broad SMARTS) is 1. The van der Waals surface area contributed by atoms with Gasteiger partial charge in [0, 0.05) is 29.8 Å². The van der Waals surface area contributed by atoms with Gasteiger partial charge >= 0.3 is 5.97 Å². The number of hydrogen-bond acceptors (Lipinski definition) is 4. The quantitative estimate of drug-likeness (QED) is 0.718. The lowest BCUT2D eigenvalue weighted by Gasteiger charge is -2.25. The molecule has 0 spiro atoms. The molecular weight excluding hydrogens is 388 g/mol. The second-order valence-electron chi connectivity index (χ2n) is 5.63. The van der Waals surface area contributed by atoms with Crippen LogP contribution in [0.25, 0.3) is 0 Å². The van der Waals surface area contributed by atoms with Gasteiger partial charge in [-0.05, 0) is 17.7 Å². The summed E-state index contributed by atoms with van der Waals surface area (Å²) in [5.41, 5.74) is 0.781. The topological polar surface area (TPSA) is 118 Å². The summed E-state index contributed by atoms with van der Waals surface area (Å²) in [4.78, 5) is 24.9. The van der Waals surface area contributed by atoms with Crippen LogP contribution in [-0.4, -0.2) is 48.6 Å². The third-order valence-electron chi connectivity index (χ3n) is 3.71. The highest BCUT2D eigenvalue weighted by Gasteiger charge is 2.38. The first-order valence-electron chi connectivity index (χ1n) is 6.93. The fourth-order valence-electron chi connectivity index (χ4n) is 2.72. The number of carboxylic acids is 1. The average Bonchev–Trinajstić information content (AvgIpc) is 2.76. The Morgan fingerprint density at radius 1 is 1.39 bits per heavy atom. The Bertz CT molecular complexity index is 704. The predicted octanol–water partition coefficient (Wildman–Crippen LogP) is 0.582. The van der Waals surface area contributed by atoms with E-state index < -0.39 is 28.0 Å². The number of hydrogen-bond donors (Lipinski definition) is 2. The Balaban J connectivity index is 2.13. The van der Waals surface area contributed by atoms with Gasteiger partial charge in [-0.2, -0.15) is 0 Å². The van der Waals surface area contributed by atoms with E-state index in [1.54, 1.807) is 24.3 Å². The van der Waals surface area contributed by atoms with Crippen molar-refractivity contribution in [3.63, 3.8) is 0 Å². The molecule has 126 valence electrons. The summed E-state index contributed by atoms with van der Waals surface area (Å²) in [5, 5.41) is 14.4. The number of carbonyl (C=O) groups excluding carboxylic acids is 1. The third kappa shape index (κ3) is 5.02. The van der Waals surface area contributed by atoms with Gasteiger partial charge in [0.1, 0.15) is 6.04 Å². The van der Waals surface area contributed by atoms with Gasteiger partial charge in [0.05, 0.1) is 5.75 Å². The molecule has 1 aliphatic heterocycles. The van der Waals surface area contributed by atoms with Gasteiger partial charge < -0.3 is 10.0 Å². The summed E-state index contributed by atoms with van der Waals surface area (Å²) in [5.74, 6) is -2.26. The Morgan fingerprint density at radius 3 is 2.52 bits per heavy atom. The van der Waals surface area contributed by atoms with Crippen LogP contribution in [0.3, 0.4) is 0 Å². The zero-order valence-corrected chi connectivity index (χ0v) is 14.6. The first kappa shape index (κ1) is 17.9. The van der Waals surface area contributed by atoms with Crippen molar-refractivity contribution in [3.8, 4) is 0 Å². The van der Waals surface area contributed by atoms with Crippen LogP contribution in [0.4, 0.5) is 0 Å². The van der Waals surface area contributed by atoms with E-state index in [1.165, 1.54) is 4.90 Å². The summed E-state index contributed by atoms with van der Waals surface area (Å²) >= 11 is 3.30. The third-order valence-corrected chi connectivity index (χ3v) is 5.17. The number of carbonyl (C=O) groups is 2. The maximum atomic E-state index is 12.1. The van der Waals surface area contributed by atoms with Gasteiger partial charge in [-0.25, -0.2) is 18.4 Å². The van der Waals surface area contributed by atoms with Crippen LogP contribution in [0.15, 0.2) is 28.7 Å². The smallest absolute Gasteiger partial charge is 0.326 e. The van der Waals surface area contributed by atoms with E-state index in [0.717, 1.165) is 10.0 Å². The summed E-state index contributed by atoms with van der Waals surface area (Å²) in [6.45, 7) is 0.0861. The van der Waals surface area contributed by atoms with Crippen LogP contribution < -0.4 is 5.14 Å². The number of sulfonamides is 1. The fourth-order valence-corrected chi connectivity index (χ4v) is 3.87. The van der Waals surface area contributed by atoms with Gasteiger partial charge in [-0.3, -0.25) is 4.79 Å². The lowest BCUT2D eigenvalue weighted by atomic mass is 10.0. The van der Waals surface area contributed by atoms with Gasteiger partial charge in [-0.1, -0.05) is 28.1 Å². The van der Waals surface area contributed by atoms with E-state index in [1.807, 2.05) is 0 Å². The minimum atomic E-state index is -3.70. The Hall–Kier alpha value is -1.45. The van der Waals surface area contributed by atoms with Crippen LogP contribution in [0.1, 0.15) is 12.0 Å². The number of amides is 1. The number of primary sulfonamides is 1. The van der Waals surface area contributed by atoms with Gasteiger partial charge in [0.15, 0.2) is 0 Å². The second-order valence-corrected chi connectivity index (χ2v) is 8.21. The summed E-state index contributed by atoms with van der Waals surface area (Å²) in [6.07, 6.45) is 0.164. The largest absolute Gasteiger partial charge is 0.480 e. The van der Waals surface area contributed by atoms with E-state index >= 15 is 0 Å². The molecule has 0 radical (unpaired) electrons. The van der Waals surface area contributed by atoms with Crippen LogP contribution in [0.2, 0.25) is 0 Å². The first-order valence-corrected chi connectivity index (χ1v) is 9.44. The van der Waals surface area contributed by atoms with Crippen molar-refractivity contribution in [2.45, 2.75) is 18.9 Å². The first-order chi connectivity index (χ1) is 10.7. The number of rotatable bonds is 6. The van der Waals surface area contributed by atoms with Gasteiger partial charge in [0.25, 0.3) is 0 Å². The van der Waals surface area contributed by atoms with E-state index in [9.17, 15) is 23.1 Å². The Kier molecular flexibility index (Phi) is 5.43. The van der Waals surface area contributed by atoms with Crippen LogP contribution in [0.5, 0.6) is 0 Å². The van der Waals surface area contributed by atoms with Crippen molar-refractivity contribution in [1.82, 2.24) is 4.90 Å². The molecule has 9 heteroatoms. The number of nitrogens with two attached hydrogens (primary N) is 1. The molecular formula is C14H17BrN2O5S. The molecule has 1 heterocycles. The zero-order chi connectivity index (χ0) is 17.2. The lowest BCUT2D eigenvalue weighted by Crippen LogP contribution is -2.44. The van der Waals surface area contributed by atoms with Crippen LogP contribution in [0, 0.1) is 5.92 Å². The zero-order valence-electron chi connectivity index (χ0n) is 12.2. The minimum Gasteiger partial charge on any atom is -0.480 e. The molecule has 0 saturated carbocycles. The number of halogens is 1. The van der Waals surface area contributed by atoms with Gasteiger partial charge in [-0.15, -0.1) is 0 Å². The maximum Gasteiger partial charge on any atom is 0.326 e. The SMILES string of the molecule is NS(=O)(=O)CC1CC(=O)N([C@@H](Cc2ccc(Br)cc2)C(=O)O)C1. The standard InChI is InChI=1S/C14H17BrN2O5S/c15-11-3-1-9(2-4-11)5-12(14(19)20)17-7-10(6-13(17)18)8-23(16,21)22/h1-4,10,12H,5-8H2,(H,19,20)(H2,16,21,22)/t10?,12-/m0/s1. The van der Waals surface area contributed by atoms with Crippen molar-refractivity contribution in [1.29, 1.82) is 0 Å². The van der Waals surface area contributed by atoms with Crippen molar-refractivity contribution >= 4 is 37.8 Å². The molecule has 2 atom stereocenters. The maximum absolute atomic E-state index is 12.1. The molecule has 0 aromatic heterocycles. The Labute approximate surface area is 142 Å². The van der Waals surface area contributed by atoms with Crippen molar-refractivity contribution in [2.75, 3.05) is 12.3 Å². The minimum absolute atomic E-state index is 0.000543. The van der Waals surface area contributed by atoms with Crippen molar-refractivity contribution in [2.24, 2.45) is 11.1 Å². The molecule has 23 heavy (non-hydrogen) atoms. The summed E-state index contributed by atoms with van der Waals surface area (Å²) < 4.78 is 23.2. The van der Waals surface area contributed by atoms with Crippen molar-refractivity contribution < 1.29 is 23.1 Å². The summed E-state index contributed by atoms with van der Waals surface area (Å²) in [7, 11) is -3.70. The molecule has 1 unspecified atom stereocenters. The molecule has 0 aliphatic carbocycles. The molecule has 1 fully saturated rings. The molecule has 1 aliphatic rings. The average molecular weight is 405 g/mol. The van der Waals surface area contributed by atoms with Gasteiger partial charge in [0.2, 0.25) is 15.9 Å². The van der Waals surface area contributed by atoms with E-state index in [4.69, 9.17) is 5.14 Å². The molecule has 2 rings (SSSR count). The highest BCUT2D eigenvalue weighted by Crippen LogP contribution is 2.23. The molecule has 1 saturated heterocycles. The van der Waals surface area contributed by atoms with Crippen LogP contribution >= 0.6 is 15.9 Å². The van der Waals surface area contributed by atoms with Crippen molar-refractivity contribution in [3.05, 3.63) is 34.3 Å². The lowest BCUT2D eigenvalue weighted by molar-refractivity contribution is -0.148. The number of likely N-dealkylation sites (tertiary alicyclic amines) is 1.